The minimum Gasteiger partial charge on any atom is -0.321 e. The molecule has 0 aliphatic carbocycles. The topological polar surface area (TPSA) is 52.0 Å². The first kappa shape index (κ1) is 11.3. The van der Waals surface area contributed by atoms with E-state index in [9.17, 15) is 0 Å². The number of rotatable bonds is 3. The Kier molecular flexibility index (Phi) is 4.16. The molecule has 5 nitrogen and oxygen atoms in total. The molecule has 6 heteroatoms. The first-order chi connectivity index (χ1) is 6.63. The highest BCUT2D eigenvalue weighted by atomic mass is 35.5. The van der Waals surface area contributed by atoms with Crippen LogP contribution in [0, 0.1) is 0 Å². The minimum absolute atomic E-state index is 0.153. The van der Waals surface area contributed by atoms with Crippen LogP contribution in [0.15, 0.2) is 9.98 Å². The van der Waals surface area contributed by atoms with Gasteiger partial charge in [0.15, 0.2) is 6.29 Å². The second-order valence-electron chi connectivity index (χ2n) is 3.26. The largest absolute Gasteiger partial charge is 0.321 e. The van der Waals surface area contributed by atoms with Crippen molar-refractivity contribution in [3.63, 3.8) is 0 Å². The van der Waals surface area contributed by atoms with E-state index < -0.39 is 0 Å². The first-order valence-corrected chi connectivity index (χ1v) is 5.02. The third kappa shape index (κ3) is 3.16. The Bertz CT molecular complexity index is 238. The molecule has 1 atom stereocenters. The Hall–Kier alpha value is -0.810. The Morgan fingerprint density at radius 1 is 1.79 bits per heavy atom. The highest BCUT2D eigenvalue weighted by molar-refractivity contribution is 6.20. The summed E-state index contributed by atoms with van der Waals surface area (Å²) >= 11 is 5.90. The SMILES string of the molecule is CCN=C1N=CN(Cl)C(NC(C)C)N1. The van der Waals surface area contributed by atoms with Crippen molar-refractivity contribution in [3.05, 3.63) is 0 Å². The molecule has 1 aliphatic heterocycles. The smallest absolute Gasteiger partial charge is 0.222 e. The lowest BCUT2D eigenvalue weighted by atomic mass is 10.4. The fourth-order valence-electron chi connectivity index (χ4n) is 1.06. The summed E-state index contributed by atoms with van der Waals surface area (Å²) in [6.45, 7) is 6.77. The van der Waals surface area contributed by atoms with Crippen molar-refractivity contribution >= 4 is 24.1 Å². The van der Waals surface area contributed by atoms with Crippen LogP contribution in [0.3, 0.4) is 0 Å². The molecule has 2 N–H and O–H groups in total. The summed E-state index contributed by atoms with van der Waals surface area (Å²) in [7, 11) is 0. The van der Waals surface area contributed by atoms with Crippen molar-refractivity contribution in [3.8, 4) is 0 Å². The molecule has 1 rings (SSSR count). The van der Waals surface area contributed by atoms with Gasteiger partial charge < -0.3 is 5.32 Å². The molecule has 80 valence electrons. The van der Waals surface area contributed by atoms with Crippen LogP contribution < -0.4 is 10.6 Å². The van der Waals surface area contributed by atoms with Crippen molar-refractivity contribution in [1.82, 2.24) is 15.1 Å². The third-order valence-electron chi connectivity index (χ3n) is 1.60. The van der Waals surface area contributed by atoms with Crippen molar-refractivity contribution in [2.24, 2.45) is 9.98 Å². The van der Waals surface area contributed by atoms with Gasteiger partial charge >= 0.3 is 0 Å². The van der Waals surface area contributed by atoms with Crippen LogP contribution in [0.1, 0.15) is 20.8 Å². The van der Waals surface area contributed by atoms with Gasteiger partial charge in [-0.25, -0.2) is 9.41 Å². The van der Waals surface area contributed by atoms with Crippen LogP contribution in [0.5, 0.6) is 0 Å². The number of aliphatic imine (C=N–C) groups is 2. The monoisotopic (exact) mass is 217 g/mol. The highest BCUT2D eigenvalue weighted by Gasteiger charge is 2.19. The molecular weight excluding hydrogens is 202 g/mol. The molecule has 0 saturated carbocycles. The molecule has 1 aliphatic rings. The Balaban J connectivity index is 2.61. The van der Waals surface area contributed by atoms with Gasteiger partial charge in [-0.05, 0) is 20.8 Å². The van der Waals surface area contributed by atoms with Gasteiger partial charge in [-0.1, -0.05) is 0 Å². The number of nitrogens with zero attached hydrogens (tertiary/aromatic N) is 3. The fraction of sp³-hybridized carbons (Fsp3) is 0.750. The Morgan fingerprint density at radius 2 is 2.50 bits per heavy atom. The number of guanidine groups is 1. The second-order valence-corrected chi connectivity index (χ2v) is 3.65. The maximum absolute atomic E-state index is 5.90. The number of nitrogens with one attached hydrogen (secondary N) is 2. The predicted octanol–water partition coefficient (Wildman–Crippen LogP) is 0.731. The molecule has 14 heavy (non-hydrogen) atoms. The molecule has 0 bridgehead atoms. The van der Waals surface area contributed by atoms with Crippen LogP contribution in [-0.2, 0) is 0 Å². The van der Waals surface area contributed by atoms with Gasteiger partial charge in [-0.15, -0.1) is 0 Å². The van der Waals surface area contributed by atoms with Gasteiger partial charge in [0.05, 0.1) is 0 Å². The molecule has 0 aromatic heterocycles. The lowest BCUT2D eigenvalue weighted by molar-refractivity contribution is 0.326. The summed E-state index contributed by atoms with van der Waals surface area (Å²) in [6.07, 6.45) is 1.39. The van der Waals surface area contributed by atoms with E-state index >= 15 is 0 Å². The van der Waals surface area contributed by atoms with E-state index in [0.29, 0.717) is 18.5 Å². The molecule has 0 aromatic rings. The molecule has 0 aromatic carbocycles. The normalized spacial score (nSPS) is 24.5. The zero-order valence-corrected chi connectivity index (χ0v) is 9.41. The Morgan fingerprint density at radius 3 is 3.07 bits per heavy atom. The van der Waals surface area contributed by atoms with Gasteiger partial charge in [0.25, 0.3) is 0 Å². The summed E-state index contributed by atoms with van der Waals surface area (Å²) < 4.78 is 1.45. The molecular formula is C8H16ClN5. The van der Waals surface area contributed by atoms with E-state index in [0.717, 1.165) is 0 Å². The van der Waals surface area contributed by atoms with Crippen LogP contribution in [0.25, 0.3) is 0 Å². The average molecular weight is 218 g/mol. The van der Waals surface area contributed by atoms with Gasteiger partial charge in [0, 0.05) is 24.4 Å². The fourth-order valence-corrected chi connectivity index (χ4v) is 1.21. The van der Waals surface area contributed by atoms with Gasteiger partial charge in [-0.3, -0.25) is 10.3 Å². The van der Waals surface area contributed by atoms with Crippen LogP contribution in [0.4, 0.5) is 0 Å². The lowest BCUT2D eigenvalue weighted by Crippen LogP contribution is -2.57. The van der Waals surface area contributed by atoms with E-state index in [1.165, 1.54) is 4.42 Å². The van der Waals surface area contributed by atoms with E-state index in [-0.39, 0.29) is 6.29 Å². The van der Waals surface area contributed by atoms with E-state index in [2.05, 4.69) is 34.5 Å². The molecule has 0 radical (unpaired) electrons. The Labute approximate surface area is 89.4 Å². The van der Waals surface area contributed by atoms with Gasteiger partial charge in [0.1, 0.15) is 6.34 Å². The van der Waals surface area contributed by atoms with Crippen molar-refractivity contribution in [2.75, 3.05) is 6.54 Å². The average Bonchev–Trinajstić information content (AvgIpc) is 2.10. The lowest BCUT2D eigenvalue weighted by Gasteiger charge is -2.30. The molecule has 1 heterocycles. The summed E-state index contributed by atoms with van der Waals surface area (Å²) in [6, 6.07) is 0.336. The number of hydrogen-bond acceptors (Lipinski definition) is 3. The molecule has 0 amide bonds. The summed E-state index contributed by atoms with van der Waals surface area (Å²) in [5.74, 6) is 0.613. The first-order valence-electron chi connectivity index (χ1n) is 4.68. The number of halogens is 1. The van der Waals surface area contributed by atoms with Crippen molar-refractivity contribution in [2.45, 2.75) is 33.1 Å². The van der Waals surface area contributed by atoms with Gasteiger partial charge in [-0.2, -0.15) is 0 Å². The summed E-state index contributed by atoms with van der Waals surface area (Å²) in [4.78, 5) is 8.18. The molecule has 0 saturated heterocycles. The zero-order valence-electron chi connectivity index (χ0n) is 8.66. The van der Waals surface area contributed by atoms with Crippen LogP contribution in [-0.4, -0.2) is 35.6 Å². The van der Waals surface area contributed by atoms with E-state index in [4.69, 9.17) is 11.8 Å². The van der Waals surface area contributed by atoms with E-state index in [1.54, 1.807) is 6.34 Å². The maximum Gasteiger partial charge on any atom is 0.222 e. The molecule has 0 spiro atoms. The highest BCUT2D eigenvalue weighted by Crippen LogP contribution is 2.01. The standard InChI is InChI=1S/C8H16ClN5/c1-4-10-7-11-5-14(9)8(13-7)12-6(2)3/h5-6,8,12H,4H2,1-3H3,(H,10,13). The van der Waals surface area contributed by atoms with E-state index in [1.807, 2.05) is 6.92 Å². The zero-order chi connectivity index (χ0) is 10.6. The van der Waals surface area contributed by atoms with Crippen molar-refractivity contribution in [1.29, 1.82) is 0 Å². The van der Waals surface area contributed by atoms with Crippen LogP contribution in [0.2, 0.25) is 0 Å². The second kappa shape index (κ2) is 5.17. The van der Waals surface area contributed by atoms with Crippen LogP contribution >= 0.6 is 11.8 Å². The molecule has 1 unspecified atom stereocenters. The quantitative estimate of drug-likeness (QED) is 0.686. The molecule has 0 fully saturated rings. The van der Waals surface area contributed by atoms with Crippen molar-refractivity contribution < 1.29 is 0 Å². The van der Waals surface area contributed by atoms with Gasteiger partial charge in [0.2, 0.25) is 5.96 Å². The maximum atomic E-state index is 5.90. The summed E-state index contributed by atoms with van der Waals surface area (Å²) in [5.41, 5.74) is 0. The minimum atomic E-state index is -0.153. The predicted molar refractivity (Wildman–Crippen MR) is 59.4 cm³/mol. The summed E-state index contributed by atoms with van der Waals surface area (Å²) in [5, 5.41) is 6.30. The third-order valence-corrected chi connectivity index (χ3v) is 1.88. The number of hydrogen-bond donors (Lipinski definition) is 2.